The predicted octanol–water partition coefficient (Wildman–Crippen LogP) is 2.86. The third-order valence-corrected chi connectivity index (χ3v) is 1.19. The van der Waals surface area contributed by atoms with Crippen LogP contribution in [0.3, 0.4) is 0 Å². The van der Waals surface area contributed by atoms with Crippen LogP contribution in [0.15, 0.2) is 48.6 Å². The molecule has 0 fully saturated rings. The van der Waals surface area contributed by atoms with E-state index in [0.29, 0.717) is 0 Å². The first kappa shape index (κ1) is 7.92. The monoisotopic (exact) mass is 154 g/mol. The zero-order valence-corrected chi connectivity index (χ0v) is 5.87. The van der Waals surface area contributed by atoms with Gasteiger partial charge in [-0.15, -0.1) is 0 Å². The van der Waals surface area contributed by atoms with Crippen molar-refractivity contribution >= 4 is 0 Å². The van der Waals surface area contributed by atoms with Crippen LogP contribution in [0.4, 0.5) is 8.78 Å². The van der Waals surface area contributed by atoms with Crippen LogP contribution in [0.5, 0.6) is 0 Å². The number of halogens is 2. The van der Waals surface area contributed by atoms with Gasteiger partial charge in [0.25, 0.3) is 5.92 Å². The molecule has 0 amide bonds. The molecule has 1 rings (SSSR count). The van der Waals surface area contributed by atoms with Crippen molar-refractivity contribution < 1.29 is 8.78 Å². The highest BCUT2D eigenvalue weighted by molar-refractivity contribution is 5.23. The zero-order chi connectivity index (χ0) is 8.16. The second-order valence-corrected chi connectivity index (χ2v) is 2.16. The van der Waals surface area contributed by atoms with Crippen LogP contribution in [0.1, 0.15) is 0 Å². The Morgan fingerprint density at radius 2 is 1.00 bits per heavy atom. The zero-order valence-electron chi connectivity index (χ0n) is 5.87. The molecule has 0 aromatic heterocycles. The third kappa shape index (κ3) is 2.94. The second-order valence-electron chi connectivity index (χ2n) is 2.16. The molecule has 11 heavy (non-hydrogen) atoms. The van der Waals surface area contributed by atoms with Gasteiger partial charge >= 0.3 is 0 Å². The molecule has 0 saturated carbocycles. The van der Waals surface area contributed by atoms with Gasteiger partial charge in [0.05, 0.1) is 0 Å². The molecule has 2 heteroatoms. The molecule has 0 radical (unpaired) electrons. The van der Waals surface area contributed by atoms with E-state index in [1.807, 2.05) is 0 Å². The van der Waals surface area contributed by atoms with Gasteiger partial charge in [0.1, 0.15) is 0 Å². The normalized spacial score (nSPS) is 32.5. The van der Waals surface area contributed by atoms with Crippen LogP contribution in [-0.2, 0) is 0 Å². The lowest BCUT2D eigenvalue weighted by molar-refractivity contribution is 0.111. The minimum Gasteiger partial charge on any atom is -0.197 e. The van der Waals surface area contributed by atoms with E-state index in [1.54, 1.807) is 24.3 Å². The first-order valence-corrected chi connectivity index (χ1v) is 3.29. The maximum Gasteiger partial charge on any atom is 0.285 e. The molecule has 0 heterocycles. The minimum absolute atomic E-state index is 0.854. The summed E-state index contributed by atoms with van der Waals surface area (Å²) in [4.78, 5) is 0. The highest BCUT2D eigenvalue weighted by Gasteiger charge is 2.18. The highest BCUT2D eigenvalue weighted by Crippen LogP contribution is 2.17. The van der Waals surface area contributed by atoms with Gasteiger partial charge in [0, 0.05) is 0 Å². The molecular formula is C9H8F2. The molecule has 1 aliphatic carbocycles. The number of allylic oxidation sites excluding steroid dienone is 8. The number of hydrogen-bond acceptors (Lipinski definition) is 0. The van der Waals surface area contributed by atoms with Crippen LogP contribution in [0.2, 0.25) is 0 Å². The molecule has 0 aliphatic heterocycles. The topological polar surface area (TPSA) is 0 Å². The molecule has 58 valence electrons. The fourth-order valence-corrected chi connectivity index (χ4v) is 0.680. The number of rotatable bonds is 0. The summed E-state index contributed by atoms with van der Waals surface area (Å²) in [5.74, 6) is -2.82. The van der Waals surface area contributed by atoms with Gasteiger partial charge in [-0.05, 0) is 12.2 Å². The van der Waals surface area contributed by atoms with Gasteiger partial charge in [-0.25, -0.2) is 0 Å². The summed E-state index contributed by atoms with van der Waals surface area (Å²) in [5.41, 5.74) is 0. The Morgan fingerprint density at radius 3 is 1.45 bits per heavy atom. The van der Waals surface area contributed by atoms with E-state index in [1.165, 1.54) is 12.2 Å². The van der Waals surface area contributed by atoms with Gasteiger partial charge < -0.3 is 0 Å². The number of hydrogen-bond donors (Lipinski definition) is 0. The molecule has 0 aromatic carbocycles. The van der Waals surface area contributed by atoms with E-state index in [4.69, 9.17) is 0 Å². The average molecular weight is 154 g/mol. The Labute approximate surface area is 64.2 Å². The van der Waals surface area contributed by atoms with Crippen LogP contribution < -0.4 is 0 Å². The largest absolute Gasteiger partial charge is 0.285 e. The molecule has 0 bridgehead atoms. The smallest absolute Gasteiger partial charge is 0.197 e. The lowest BCUT2D eigenvalue weighted by Crippen LogP contribution is -2.05. The van der Waals surface area contributed by atoms with E-state index < -0.39 is 5.92 Å². The predicted molar refractivity (Wildman–Crippen MR) is 41.5 cm³/mol. The maximum absolute atomic E-state index is 12.6. The molecule has 0 spiro atoms. The summed E-state index contributed by atoms with van der Waals surface area (Å²) >= 11 is 0. The molecule has 0 atom stereocenters. The molecule has 0 nitrogen and oxygen atoms in total. The summed E-state index contributed by atoms with van der Waals surface area (Å²) in [5, 5.41) is 0. The van der Waals surface area contributed by atoms with Crippen molar-refractivity contribution in [2.75, 3.05) is 0 Å². The van der Waals surface area contributed by atoms with Gasteiger partial charge in [-0.3, -0.25) is 0 Å². The van der Waals surface area contributed by atoms with E-state index >= 15 is 0 Å². The van der Waals surface area contributed by atoms with Gasteiger partial charge in [0.2, 0.25) is 0 Å². The quantitative estimate of drug-likeness (QED) is 0.503. The SMILES string of the molecule is FC1(F)\C=C/C=C\C=C\C=C/1. The first-order chi connectivity index (χ1) is 5.21. The number of alkyl halides is 2. The summed E-state index contributed by atoms with van der Waals surface area (Å²) < 4.78 is 25.2. The van der Waals surface area contributed by atoms with Crippen molar-refractivity contribution in [3.05, 3.63) is 48.6 Å². The lowest BCUT2D eigenvalue weighted by atomic mass is 10.3. The molecule has 0 N–H and O–H groups in total. The molecular weight excluding hydrogens is 146 g/mol. The highest BCUT2D eigenvalue weighted by atomic mass is 19.3. The molecule has 0 unspecified atom stereocenters. The summed E-state index contributed by atoms with van der Waals surface area (Å²) in [6.07, 6.45) is 10.9. The van der Waals surface area contributed by atoms with Crippen LogP contribution in [0.25, 0.3) is 0 Å². The Balaban J connectivity index is 2.86. The van der Waals surface area contributed by atoms with Crippen molar-refractivity contribution in [3.63, 3.8) is 0 Å². The van der Waals surface area contributed by atoms with Crippen LogP contribution >= 0.6 is 0 Å². The van der Waals surface area contributed by atoms with Crippen molar-refractivity contribution in [2.45, 2.75) is 5.92 Å². The van der Waals surface area contributed by atoms with E-state index in [9.17, 15) is 8.78 Å². The van der Waals surface area contributed by atoms with E-state index in [0.717, 1.165) is 12.2 Å². The van der Waals surface area contributed by atoms with Crippen molar-refractivity contribution in [3.8, 4) is 0 Å². The Bertz CT molecular complexity index is 208. The maximum atomic E-state index is 12.6. The minimum atomic E-state index is -2.82. The van der Waals surface area contributed by atoms with Crippen molar-refractivity contribution in [1.29, 1.82) is 0 Å². The average Bonchev–Trinajstić information content (AvgIpc) is 2.00. The van der Waals surface area contributed by atoms with Crippen LogP contribution in [-0.4, -0.2) is 5.92 Å². The Hall–Kier alpha value is -1.18. The Morgan fingerprint density at radius 1 is 0.636 bits per heavy atom. The van der Waals surface area contributed by atoms with Gasteiger partial charge in [-0.1, -0.05) is 36.5 Å². The van der Waals surface area contributed by atoms with Gasteiger partial charge in [-0.2, -0.15) is 8.78 Å². The van der Waals surface area contributed by atoms with Crippen molar-refractivity contribution in [2.24, 2.45) is 0 Å². The first-order valence-electron chi connectivity index (χ1n) is 3.29. The lowest BCUT2D eigenvalue weighted by Gasteiger charge is -2.02. The second kappa shape index (κ2) is 3.28. The van der Waals surface area contributed by atoms with E-state index in [-0.39, 0.29) is 0 Å². The van der Waals surface area contributed by atoms with E-state index in [2.05, 4.69) is 0 Å². The molecule has 1 aliphatic rings. The fraction of sp³-hybridized carbons (Fsp3) is 0.111. The van der Waals surface area contributed by atoms with Gasteiger partial charge in [0.15, 0.2) is 0 Å². The third-order valence-electron chi connectivity index (χ3n) is 1.19. The Kier molecular flexibility index (Phi) is 2.36. The standard InChI is InChI=1S/C9H8F2/c10-9(11)7-5-3-1-2-4-6-8-9/h1-8H/b3-1-,4-2+,7-5-,8-6-. The van der Waals surface area contributed by atoms with Crippen LogP contribution in [0, 0.1) is 0 Å². The summed E-state index contributed by atoms with van der Waals surface area (Å²) in [6.45, 7) is 0. The molecule has 0 saturated heterocycles. The summed E-state index contributed by atoms with van der Waals surface area (Å²) in [6, 6.07) is 0. The summed E-state index contributed by atoms with van der Waals surface area (Å²) in [7, 11) is 0. The fourth-order valence-electron chi connectivity index (χ4n) is 0.680. The molecule has 0 aromatic rings. The van der Waals surface area contributed by atoms with Crippen molar-refractivity contribution in [1.82, 2.24) is 0 Å².